The number of aromatic nitrogens is 2. The topological polar surface area (TPSA) is 80.0 Å². The van der Waals surface area contributed by atoms with E-state index in [1.807, 2.05) is 6.92 Å². The second-order valence-electron chi connectivity index (χ2n) is 3.74. The van der Waals surface area contributed by atoms with E-state index in [0.717, 1.165) is 12.2 Å². The second-order valence-corrected chi connectivity index (χ2v) is 3.74. The Hall–Kier alpha value is -2.37. The second kappa shape index (κ2) is 5.31. The van der Waals surface area contributed by atoms with Crippen molar-refractivity contribution in [2.75, 3.05) is 17.2 Å². The molecule has 0 atom stereocenters. The minimum absolute atomic E-state index is 0.282. The maximum atomic E-state index is 12.0. The average molecular weight is 246 g/mol. The Morgan fingerprint density at radius 3 is 3.00 bits per heavy atom. The highest BCUT2D eigenvalue weighted by Gasteiger charge is 2.13. The Bertz CT molecular complexity index is 551. The number of hydrogen-bond acceptors (Lipinski definition) is 5. The summed E-state index contributed by atoms with van der Waals surface area (Å²) < 4.78 is 4.93. The molecule has 6 heteroatoms. The van der Waals surface area contributed by atoms with Crippen LogP contribution in [0.25, 0.3) is 0 Å². The lowest BCUT2D eigenvalue weighted by atomic mass is 10.2. The van der Waals surface area contributed by atoms with Gasteiger partial charge >= 0.3 is 0 Å². The van der Waals surface area contributed by atoms with E-state index in [-0.39, 0.29) is 5.91 Å². The maximum Gasteiger partial charge on any atom is 0.261 e. The molecule has 2 aromatic heterocycles. The molecule has 2 aromatic rings. The molecule has 0 aromatic carbocycles. The third-order valence-electron chi connectivity index (χ3n) is 2.30. The Balaban J connectivity index is 2.18. The predicted octanol–water partition coefficient (Wildman–Crippen LogP) is 2.06. The summed E-state index contributed by atoms with van der Waals surface area (Å²) in [4.78, 5) is 16.0. The number of carbonyl (C=O) groups excluding carboxylic acids is 1. The fourth-order valence-electron chi connectivity index (χ4n) is 1.52. The Kier molecular flexibility index (Phi) is 3.57. The number of pyridine rings is 1. The number of nitrogens with one attached hydrogen (secondary N) is 2. The van der Waals surface area contributed by atoms with Crippen LogP contribution in [0, 0.1) is 6.92 Å². The number of aryl methyl sites for hydroxylation is 1. The van der Waals surface area contributed by atoms with Crippen molar-refractivity contribution in [2.45, 2.75) is 13.8 Å². The molecular weight excluding hydrogens is 232 g/mol. The highest BCUT2D eigenvalue weighted by Crippen LogP contribution is 2.16. The maximum absolute atomic E-state index is 12.0. The van der Waals surface area contributed by atoms with Crippen LogP contribution in [-0.4, -0.2) is 22.6 Å². The van der Waals surface area contributed by atoms with Gasteiger partial charge in [0.2, 0.25) is 5.88 Å². The van der Waals surface area contributed by atoms with Crippen LogP contribution in [-0.2, 0) is 0 Å². The number of anilines is 2. The lowest BCUT2D eigenvalue weighted by Gasteiger charge is -2.08. The summed E-state index contributed by atoms with van der Waals surface area (Å²) in [5.74, 6) is 0.0407. The van der Waals surface area contributed by atoms with Crippen molar-refractivity contribution in [2.24, 2.45) is 0 Å². The zero-order valence-electron chi connectivity index (χ0n) is 10.2. The van der Waals surface area contributed by atoms with Gasteiger partial charge in [0, 0.05) is 25.0 Å². The Morgan fingerprint density at radius 2 is 2.33 bits per heavy atom. The molecule has 0 aliphatic carbocycles. The molecule has 0 saturated heterocycles. The lowest BCUT2D eigenvalue weighted by molar-refractivity contribution is 0.102. The number of nitrogens with zero attached hydrogens (tertiary/aromatic N) is 2. The summed E-state index contributed by atoms with van der Waals surface area (Å²) in [6, 6.07) is 3.41. The molecular formula is C12H14N4O2. The van der Waals surface area contributed by atoms with Crippen molar-refractivity contribution in [3.63, 3.8) is 0 Å². The van der Waals surface area contributed by atoms with E-state index in [1.165, 1.54) is 6.20 Å². The van der Waals surface area contributed by atoms with Crippen molar-refractivity contribution in [3.05, 3.63) is 35.8 Å². The van der Waals surface area contributed by atoms with Gasteiger partial charge in [0.05, 0.1) is 16.9 Å². The van der Waals surface area contributed by atoms with Crippen LogP contribution in [0.3, 0.4) is 0 Å². The summed E-state index contributed by atoms with van der Waals surface area (Å²) in [5.41, 5.74) is 1.91. The van der Waals surface area contributed by atoms with Gasteiger partial charge in [-0.05, 0) is 19.9 Å². The third kappa shape index (κ3) is 2.65. The first kappa shape index (κ1) is 12.1. The smallest absolute Gasteiger partial charge is 0.261 e. The molecule has 2 rings (SSSR count). The first-order valence-electron chi connectivity index (χ1n) is 5.63. The minimum atomic E-state index is -0.282. The van der Waals surface area contributed by atoms with Crippen molar-refractivity contribution in [1.29, 1.82) is 0 Å². The van der Waals surface area contributed by atoms with Crippen LogP contribution < -0.4 is 10.6 Å². The van der Waals surface area contributed by atoms with E-state index < -0.39 is 0 Å². The zero-order chi connectivity index (χ0) is 13.0. The molecule has 0 fully saturated rings. The standard InChI is InChI=1S/C12H14N4O2/c1-3-14-10-4-5-13-7-9(10)12(17)15-11-6-8(2)16-18-11/h4-7H,3H2,1-2H3,(H,13,14)(H,15,17). The van der Waals surface area contributed by atoms with Gasteiger partial charge in [-0.2, -0.15) is 0 Å². The summed E-state index contributed by atoms with van der Waals surface area (Å²) in [7, 11) is 0. The first-order valence-corrected chi connectivity index (χ1v) is 5.63. The lowest BCUT2D eigenvalue weighted by Crippen LogP contribution is -2.14. The van der Waals surface area contributed by atoms with Gasteiger partial charge < -0.3 is 9.84 Å². The summed E-state index contributed by atoms with van der Waals surface area (Å²) >= 11 is 0. The van der Waals surface area contributed by atoms with Crippen LogP contribution in [0.2, 0.25) is 0 Å². The average Bonchev–Trinajstić information content (AvgIpc) is 2.76. The van der Waals surface area contributed by atoms with Crippen LogP contribution in [0.4, 0.5) is 11.6 Å². The van der Waals surface area contributed by atoms with Gasteiger partial charge in [0.15, 0.2) is 0 Å². The summed E-state index contributed by atoms with van der Waals surface area (Å²) in [6.07, 6.45) is 3.14. The molecule has 0 aliphatic heterocycles. The van der Waals surface area contributed by atoms with Crippen LogP contribution in [0.5, 0.6) is 0 Å². The molecule has 2 N–H and O–H groups in total. The van der Waals surface area contributed by atoms with Gasteiger partial charge in [-0.1, -0.05) is 5.16 Å². The van der Waals surface area contributed by atoms with Gasteiger partial charge in [-0.25, -0.2) is 0 Å². The van der Waals surface area contributed by atoms with Crippen molar-refractivity contribution >= 4 is 17.5 Å². The fourth-order valence-corrected chi connectivity index (χ4v) is 1.52. The molecule has 2 heterocycles. The third-order valence-corrected chi connectivity index (χ3v) is 2.30. The van der Waals surface area contributed by atoms with Crippen molar-refractivity contribution in [3.8, 4) is 0 Å². The van der Waals surface area contributed by atoms with Crippen molar-refractivity contribution < 1.29 is 9.32 Å². The molecule has 1 amide bonds. The largest absolute Gasteiger partial charge is 0.385 e. The summed E-state index contributed by atoms with van der Waals surface area (Å²) in [5, 5.41) is 9.43. The van der Waals surface area contributed by atoms with Gasteiger partial charge in [0.1, 0.15) is 0 Å². The molecule has 0 bridgehead atoms. The zero-order valence-corrected chi connectivity index (χ0v) is 10.2. The Labute approximate surface area is 104 Å². The summed E-state index contributed by atoms with van der Waals surface area (Å²) in [6.45, 7) is 4.47. The van der Waals surface area contributed by atoms with E-state index in [0.29, 0.717) is 17.1 Å². The molecule has 18 heavy (non-hydrogen) atoms. The van der Waals surface area contributed by atoms with Crippen LogP contribution in [0.1, 0.15) is 23.0 Å². The van der Waals surface area contributed by atoms with Crippen LogP contribution >= 0.6 is 0 Å². The number of amides is 1. The van der Waals surface area contributed by atoms with E-state index >= 15 is 0 Å². The number of rotatable bonds is 4. The molecule has 6 nitrogen and oxygen atoms in total. The molecule has 0 radical (unpaired) electrons. The molecule has 94 valence electrons. The first-order chi connectivity index (χ1) is 8.70. The molecule has 0 saturated carbocycles. The molecule has 0 unspecified atom stereocenters. The van der Waals surface area contributed by atoms with E-state index in [2.05, 4.69) is 20.8 Å². The van der Waals surface area contributed by atoms with Crippen molar-refractivity contribution in [1.82, 2.24) is 10.1 Å². The SMILES string of the molecule is CCNc1ccncc1C(=O)Nc1cc(C)no1. The van der Waals surface area contributed by atoms with E-state index in [1.54, 1.807) is 25.3 Å². The van der Waals surface area contributed by atoms with Gasteiger partial charge in [-0.15, -0.1) is 0 Å². The molecule has 0 aliphatic rings. The van der Waals surface area contributed by atoms with E-state index in [4.69, 9.17) is 4.52 Å². The monoisotopic (exact) mass is 246 g/mol. The highest BCUT2D eigenvalue weighted by atomic mass is 16.5. The quantitative estimate of drug-likeness (QED) is 0.863. The Morgan fingerprint density at radius 1 is 1.50 bits per heavy atom. The van der Waals surface area contributed by atoms with Gasteiger partial charge in [0.25, 0.3) is 5.91 Å². The fraction of sp³-hybridized carbons (Fsp3) is 0.250. The normalized spacial score (nSPS) is 10.1. The van der Waals surface area contributed by atoms with Crippen LogP contribution in [0.15, 0.2) is 29.0 Å². The van der Waals surface area contributed by atoms with E-state index in [9.17, 15) is 4.79 Å². The minimum Gasteiger partial charge on any atom is -0.385 e. The molecule has 0 spiro atoms. The van der Waals surface area contributed by atoms with Gasteiger partial charge in [-0.3, -0.25) is 15.1 Å². The number of carbonyl (C=O) groups is 1. The highest BCUT2D eigenvalue weighted by molar-refractivity contribution is 6.07. The predicted molar refractivity (Wildman–Crippen MR) is 67.6 cm³/mol. The number of hydrogen-bond donors (Lipinski definition) is 2.